The highest BCUT2D eigenvalue weighted by Gasteiger charge is 2.34. The zero-order chi connectivity index (χ0) is 14.3. The quantitative estimate of drug-likeness (QED) is 0.872. The van der Waals surface area contributed by atoms with Gasteiger partial charge in [-0.2, -0.15) is 13.1 Å². The fourth-order valence-electron chi connectivity index (χ4n) is 2.52. The van der Waals surface area contributed by atoms with Crippen LogP contribution in [0.3, 0.4) is 0 Å². The van der Waals surface area contributed by atoms with Gasteiger partial charge in [-0.25, -0.2) is 4.79 Å². The Hall–Kier alpha value is -1.60. The Labute approximate surface area is 117 Å². The lowest BCUT2D eigenvalue weighted by Gasteiger charge is -2.31. The van der Waals surface area contributed by atoms with Gasteiger partial charge in [0, 0.05) is 12.6 Å². The van der Waals surface area contributed by atoms with Crippen molar-refractivity contribution in [2.45, 2.75) is 31.7 Å². The van der Waals surface area contributed by atoms with E-state index in [9.17, 15) is 18.3 Å². The van der Waals surface area contributed by atoms with E-state index in [2.05, 4.69) is 4.72 Å². The second kappa shape index (κ2) is 4.75. The molecular weight excluding hydrogens is 280 g/mol. The Morgan fingerprint density at radius 1 is 1.35 bits per heavy atom. The van der Waals surface area contributed by atoms with Gasteiger partial charge in [-0.3, -0.25) is 4.31 Å². The molecule has 1 aromatic carbocycles. The molecule has 0 amide bonds. The van der Waals surface area contributed by atoms with E-state index in [1.165, 1.54) is 10.4 Å². The van der Waals surface area contributed by atoms with Crippen LogP contribution >= 0.6 is 0 Å². The van der Waals surface area contributed by atoms with Crippen LogP contribution in [-0.2, 0) is 16.6 Å². The second-order valence-electron chi connectivity index (χ2n) is 5.18. The molecule has 1 saturated carbocycles. The predicted molar refractivity (Wildman–Crippen MR) is 74.1 cm³/mol. The normalized spacial score (nSPS) is 18.7. The van der Waals surface area contributed by atoms with Gasteiger partial charge in [-0.1, -0.05) is 6.07 Å². The van der Waals surface area contributed by atoms with Crippen molar-refractivity contribution in [2.24, 2.45) is 0 Å². The third-order valence-corrected chi connectivity index (χ3v) is 5.21. The summed E-state index contributed by atoms with van der Waals surface area (Å²) in [7, 11) is -3.59. The first kappa shape index (κ1) is 13.4. The summed E-state index contributed by atoms with van der Waals surface area (Å²) in [5.41, 5.74) is 1.28. The van der Waals surface area contributed by atoms with Gasteiger partial charge in [-0.15, -0.1) is 0 Å². The average molecular weight is 296 g/mol. The molecular formula is C13H16N2O4S. The minimum atomic E-state index is -3.59. The minimum absolute atomic E-state index is 0.0352. The Kier molecular flexibility index (Phi) is 3.18. The first-order valence-electron chi connectivity index (χ1n) is 6.64. The SMILES string of the molecule is O=C(O)c1cccc2c1CCCN2S(=O)(=O)NC1CC1. The molecule has 0 radical (unpaired) electrons. The van der Waals surface area contributed by atoms with E-state index >= 15 is 0 Å². The molecule has 0 atom stereocenters. The van der Waals surface area contributed by atoms with Gasteiger partial charge in [-0.05, 0) is 43.4 Å². The van der Waals surface area contributed by atoms with Crippen LogP contribution in [-0.4, -0.2) is 32.1 Å². The molecule has 2 N–H and O–H groups in total. The maximum Gasteiger partial charge on any atom is 0.336 e. The number of anilines is 1. The predicted octanol–water partition coefficient (Wildman–Crippen LogP) is 1.13. The molecule has 2 aliphatic rings. The van der Waals surface area contributed by atoms with Crippen LogP contribution in [0.5, 0.6) is 0 Å². The van der Waals surface area contributed by atoms with Crippen LogP contribution in [0.15, 0.2) is 18.2 Å². The van der Waals surface area contributed by atoms with Gasteiger partial charge in [0.15, 0.2) is 0 Å². The number of benzene rings is 1. The summed E-state index contributed by atoms with van der Waals surface area (Å²) in [5.74, 6) is -1.02. The van der Waals surface area contributed by atoms with Crippen LogP contribution < -0.4 is 9.03 Å². The molecule has 0 saturated heterocycles. The van der Waals surface area contributed by atoms with E-state index in [1.807, 2.05) is 0 Å². The third kappa shape index (κ3) is 2.38. The maximum absolute atomic E-state index is 12.3. The molecule has 0 aromatic heterocycles. The number of rotatable bonds is 4. The molecule has 6 nitrogen and oxygen atoms in total. The van der Waals surface area contributed by atoms with Crippen LogP contribution in [0.1, 0.15) is 35.2 Å². The molecule has 1 aliphatic heterocycles. The number of nitrogens with one attached hydrogen (secondary N) is 1. The fourth-order valence-corrected chi connectivity index (χ4v) is 4.10. The largest absolute Gasteiger partial charge is 0.478 e. The lowest BCUT2D eigenvalue weighted by atomic mass is 9.98. The van der Waals surface area contributed by atoms with Gasteiger partial charge in [0.05, 0.1) is 11.3 Å². The summed E-state index contributed by atoms with van der Waals surface area (Å²) in [6.07, 6.45) is 2.96. The first-order valence-corrected chi connectivity index (χ1v) is 8.08. The summed E-state index contributed by atoms with van der Waals surface area (Å²) < 4.78 is 28.6. The minimum Gasteiger partial charge on any atom is -0.478 e. The summed E-state index contributed by atoms with van der Waals surface area (Å²) in [5, 5.41) is 9.20. The molecule has 0 unspecified atom stereocenters. The Morgan fingerprint density at radius 3 is 2.75 bits per heavy atom. The van der Waals surface area contributed by atoms with Crippen molar-refractivity contribution in [2.75, 3.05) is 10.8 Å². The van der Waals surface area contributed by atoms with Crippen molar-refractivity contribution >= 4 is 21.9 Å². The van der Waals surface area contributed by atoms with Crippen LogP contribution in [0.25, 0.3) is 0 Å². The van der Waals surface area contributed by atoms with Gasteiger partial charge in [0.2, 0.25) is 0 Å². The molecule has 0 bridgehead atoms. The fraction of sp³-hybridized carbons (Fsp3) is 0.462. The highest BCUT2D eigenvalue weighted by Crippen LogP contribution is 2.32. The monoisotopic (exact) mass is 296 g/mol. The van der Waals surface area contributed by atoms with Crippen molar-refractivity contribution in [3.63, 3.8) is 0 Å². The van der Waals surface area contributed by atoms with E-state index in [1.54, 1.807) is 12.1 Å². The lowest BCUT2D eigenvalue weighted by molar-refractivity contribution is 0.0695. The molecule has 1 aliphatic carbocycles. The summed E-state index contributed by atoms with van der Waals surface area (Å²) in [4.78, 5) is 11.2. The molecule has 0 spiro atoms. The number of carboxylic acids is 1. The molecule has 1 aromatic rings. The topological polar surface area (TPSA) is 86.7 Å². The van der Waals surface area contributed by atoms with E-state index < -0.39 is 16.2 Å². The Morgan fingerprint density at radius 2 is 2.10 bits per heavy atom. The van der Waals surface area contributed by atoms with Crippen LogP contribution in [0.2, 0.25) is 0 Å². The molecule has 1 fully saturated rings. The first-order chi connectivity index (χ1) is 9.49. The summed E-state index contributed by atoms with van der Waals surface area (Å²) in [6.45, 7) is 0.387. The zero-order valence-corrected chi connectivity index (χ0v) is 11.7. The number of hydrogen-bond acceptors (Lipinski definition) is 3. The second-order valence-corrected chi connectivity index (χ2v) is 6.81. The molecule has 20 heavy (non-hydrogen) atoms. The maximum atomic E-state index is 12.3. The average Bonchev–Trinajstić information content (AvgIpc) is 3.20. The Balaban J connectivity index is 2.01. The highest BCUT2D eigenvalue weighted by atomic mass is 32.2. The van der Waals surface area contributed by atoms with Gasteiger partial charge >= 0.3 is 16.2 Å². The van der Waals surface area contributed by atoms with Crippen molar-refractivity contribution in [3.8, 4) is 0 Å². The van der Waals surface area contributed by atoms with Crippen molar-refractivity contribution in [1.82, 2.24) is 4.72 Å². The van der Waals surface area contributed by atoms with Crippen LogP contribution in [0.4, 0.5) is 5.69 Å². The molecule has 1 heterocycles. The van der Waals surface area contributed by atoms with Gasteiger partial charge in [0.1, 0.15) is 0 Å². The third-order valence-electron chi connectivity index (χ3n) is 3.62. The number of nitrogens with zero attached hydrogens (tertiary/aromatic N) is 1. The van der Waals surface area contributed by atoms with Crippen molar-refractivity contribution in [3.05, 3.63) is 29.3 Å². The van der Waals surface area contributed by atoms with Crippen molar-refractivity contribution < 1.29 is 18.3 Å². The highest BCUT2D eigenvalue weighted by molar-refractivity contribution is 7.90. The molecule has 108 valence electrons. The van der Waals surface area contributed by atoms with Gasteiger partial charge < -0.3 is 5.11 Å². The number of fused-ring (bicyclic) bond motifs is 1. The van der Waals surface area contributed by atoms with E-state index in [0.717, 1.165) is 12.8 Å². The van der Waals surface area contributed by atoms with Gasteiger partial charge in [0.25, 0.3) is 0 Å². The number of carbonyl (C=O) groups is 1. The van der Waals surface area contributed by atoms with E-state index in [4.69, 9.17) is 0 Å². The van der Waals surface area contributed by atoms with E-state index in [-0.39, 0.29) is 11.6 Å². The van der Waals surface area contributed by atoms with Crippen molar-refractivity contribution in [1.29, 1.82) is 0 Å². The number of hydrogen-bond donors (Lipinski definition) is 2. The smallest absolute Gasteiger partial charge is 0.336 e. The zero-order valence-electron chi connectivity index (χ0n) is 10.9. The number of aromatic carboxylic acids is 1. The standard InChI is InChI=1S/C13H16N2O4S/c16-13(17)11-3-1-5-12-10(11)4-2-8-15(12)20(18,19)14-9-6-7-9/h1,3,5,9,14H,2,4,6-8H2,(H,16,17). The summed E-state index contributed by atoms with van der Waals surface area (Å²) >= 11 is 0. The lowest BCUT2D eigenvalue weighted by Crippen LogP contribution is -2.44. The number of carboxylic acid groups (broad SMARTS) is 1. The van der Waals surface area contributed by atoms with E-state index in [0.29, 0.717) is 30.6 Å². The summed E-state index contributed by atoms with van der Waals surface area (Å²) in [6, 6.07) is 4.82. The molecule has 7 heteroatoms. The van der Waals surface area contributed by atoms with Crippen LogP contribution in [0, 0.1) is 0 Å². The molecule has 3 rings (SSSR count). The Bertz CT molecular complexity index is 652.